The summed E-state index contributed by atoms with van der Waals surface area (Å²) in [7, 11) is 0. The van der Waals surface area contributed by atoms with Crippen LogP contribution in [0.4, 0.5) is 4.39 Å². The largest absolute Gasteiger partial charge is 0.489 e. The molecule has 2 aromatic carbocycles. The molecule has 6 heteroatoms. The van der Waals surface area contributed by atoms with Crippen LogP contribution in [0.5, 0.6) is 11.5 Å². The van der Waals surface area contributed by atoms with Gasteiger partial charge in [0.05, 0.1) is 0 Å². The summed E-state index contributed by atoms with van der Waals surface area (Å²) in [6.07, 6.45) is 1.63. The third-order valence-corrected chi connectivity index (χ3v) is 4.08. The van der Waals surface area contributed by atoms with Crippen molar-refractivity contribution in [3.8, 4) is 17.2 Å². The fraction of sp³-hybridized carbons (Fsp3) is 0.182. The number of halogens is 1. The Morgan fingerprint density at radius 2 is 1.79 bits per heavy atom. The molecule has 1 aromatic heterocycles. The number of nitrogens with zero attached hydrogens (tertiary/aromatic N) is 1. The van der Waals surface area contributed by atoms with E-state index in [2.05, 4.69) is 0 Å². The number of pyridine rings is 1. The summed E-state index contributed by atoms with van der Waals surface area (Å²) >= 11 is 0. The minimum atomic E-state index is -0.306. The maximum Gasteiger partial charge on any atom is 0.258 e. The summed E-state index contributed by atoms with van der Waals surface area (Å²) < 4.78 is 25.5. The van der Waals surface area contributed by atoms with Crippen molar-refractivity contribution in [1.29, 1.82) is 0 Å². The average molecular weight is 381 g/mol. The first-order chi connectivity index (χ1) is 13.4. The zero-order valence-electron chi connectivity index (χ0n) is 15.6. The second-order valence-electron chi connectivity index (χ2n) is 6.43. The van der Waals surface area contributed by atoms with Gasteiger partial charge in [0.1, 0.15) is 30.5 Å². The van der Waals surface area contributed by atoms with Gasteiger partial charge in [-0.3, -0.25) is 14.2 Å². The summed E-state index contributed by atoms with van der Waals surface area (Å²) in [4.78, 5) is 23.5. The first kappa shape index (κ1) is 19.4. The monoisotopic (exact) mass is 381 g/mol. The third kappa shape index (κ3) is 4.85. The molecule has 0 unspecified atom stereocenters. The van der Waals surface area contributed by atoms with Crippen LogP contribution in [0.15, 0.2) is 65.6 Å². The molecule has 0 aliphatic heterocycles. The highest BCUT2D eigenvalue weighted by Gasteiger charge is 2.07. The number of aryl methyl sites for hydroxylation is 1. The van der Waals surface area contributed by atoms with Crippen molar-refractivity contribution in [2.45, 2.75) is 20.5 Å². The lowest BCUT2D eigenvalue weighted by Crippen LogP contribution is -2.17. The molecule has 0 fully saturated rings. The lowest BCUT2D eigenvalue weighted by atomic mass is 10.2. The molecule has 5 nitrogen and oxygen atoms in total. The molecule has 0 N–H and O–H groups in total. The van der Waals surface area contributed by atoms with Gasteiger partial charge in [0.25, 0.3) is 5.56 Å². The lowest BCUT2D eigenvalue weighted by molar-refractivity contribution is -0.118. The topological polar surface area (TPSA) is 57.5 Å². The number of ketones is 1. The SMILES string of the molecule is CC(=O)COc1ccc(-n2ccc(OCc3ccc(F)cc3)cc2=O)cc1C. The van der Waals surface area contributed by atoms with Crippen LogP contribution in [-0.2, 0) is 11.4 Å². The summed E-state index contributed by atoms with van der Waals surface area (Å²) in [6, 6.07) is 14.4. The van der Waals surface area contributed by atoms with Gasteiger partial charge in [-0.05, 0) is 61.4 Å². The van der Waals surface area contributed by atoms with Crippen molar-refractivity contribution in [3.05, 3.63) is 88.1 Å². The number of carbonyl (C=O) groups is 1. The zero-order valence-corrected chi connectivity index (χ0v) is 15.6. The summed E-state index contributed by atoms with van der Waals surface area (Å²) in [6.45, 7) is 3.57. The molecule has 0 aliphatic carbocycles. The van der Waals surface area contributed by atoms with Crippen LogP contribution < -0.4 is 15.0 Å². The molecule has 0 spiro atoms. The lowest BCUT2D eigenvalue weighted by Gasteiger charge is -2.12. The summed E-state index contributed by atoms with van der Waals surface area (Å²) in [5.41, 5.74) is 2.07. The maximum atomic E-state index is 12.9. The quantitative estimate of drug-likeness (QED) is 0.624. The highest BCUT2D eigenvalue weighted by atomic mass is 19.1. The minimum Gasteiger partial charge on any atom is -0.489 e. The molecule has 1 heterocycles. The van der Waals surface area contributed by atoms with Gasteiger partial charge in [0.15, 0.2) is 5.78 Å². The number of hydrogen-bond donors (Lipinski definition) is 0. The van der Waals surface area contributed by atoms with Crippen molar-refractivity contribution in [2.24, 2.45) is 0 Å². The molecule has 0 radical (unpaired) electrons. The first-order valence-corrected chi connectivity index (χ1v) is 8.75. The number of benzene rings is 2. The van der Waals surface area contributed by atoms with Crippen molar-refractivity contribution in [2.75, 3.05) is 6.61 Å². The molecule has 28 heavy (non-hydrogen) atoms. The number of rotatable bonds is 7. The van der Waals surface area contributed by atoms with E-state index in [0.717, 1.165) is 11.1 Å². The molecule has 0 aliphatic rings. The van der Waals surface area contributed by atoms with E-state index in [1.165, 1.54) is 29.7 Å². The van der Waals surface area contributed by atoms with Gasteiger partial charge >= 0.3 is 0 Å². The van der Waals surface area contributed by atoms with Gasteiger partial charge < -0.3 is 9.47 Å². The Morgan fingerprint density at radius 3 is 2.43 bits per heavy atom. The van der Waals surface area contributed by atoms with Gasteiger partial charge in [0.2, 0.25) is 0 Å². The molecule has 0 saturated carbocycles. The maximum absolute atomic E-state index is 12.9. The van der Waals surface area contributed by atoms with Gasteiger partial charge in [-0.1, -0.05) is 12.1 Å². The fourth-order valence-corrected chi connectivity index (χ4v) is 2.64. The van der Waals surface area contributed by atoms with Gasteiger partial charge in [0, 0.05) is 18.0 Å². The van der Waals surface area contributed by atoms with E-state index < -0.39 is 0 Å². The second-order valence-corrected chi connectivity index (χ2v) is 6.43. The summed E-state index contributed by atoms with van der Waals surface area (Å²) in [5, 5.41) is 0. The number of carbonyl (C=O) groups excluding carboxylic acids is 1. The summed E-state index contributed by atoms with van der Waals surface area (Å²) in [5.74, 6) is 0.672. The average Bonchev–Trinajstić information content (AvgIpc) is 2.66. The first-order valence-electron chi connectivity index (χ1n) is 8.75. The predicted octanol–water partition coefficient (Wildman–Crippen LogP) is 3.83. The van der Waals surface area contributed by atoms with E-state index in [9.17, 15) is 14.0 Å². The molecule has 3 rings (SSSR count). The molecule has 144 valence electrons. The van der Waals surface area contributed by atoms with E-state index in [-0.39, 0.29) is 30.4 Å². The van der Waals surface area contributed by atoms with Crippen molar-refractivity contribution in [1.82, 2.24) is 4.57 Å². The Labute approximate surface area is 162 Å². The second kappa shape index (κ2) is 8.52. The fourth-order valence-electron chi connectivity index (χ4n) is 2.64. The zero-order chi connectivity index (χ0) is 20.1. The van der Waals surface area contributed by atoms with Crippen molar-refractivity contribution >= 4 is 5.78 Å². The van der Waals surface area contributed by atoms with Crippen LogP contribution in [-0.4, -0.2) is 17.0 Å². The minimum absolute atomic E-state index is 0.0141. The smallest absolute Gasteiger partial charge is 0.258 e. The van der Waals surface area contributed by atoms with E-state index in [1.54, 1.807) is 36.5 Å². The molecule has 0 saturated heterocycles. The number of Topliss-reactive ketones (excluding diaryl/α,β-unsaturated/α-hetero) is 1. The normalized spacial score (nSPS) is 10.5. The van der Waals surface area contributed by atoms with E-state index in [1.807, 2.05) is 13.0 Å². The molecule has 0 atom stereocenters. The van der Waals surface area contributed by atoms with Crippen molar-refractivity contribution < 1.29 is 18.7 Å². The molecule has 3 aromatic rings. The Hall–Kier alpha value is -3.41. The van der Waals surface area contributed by atoms with Gasteiger partial charge in [-0.15, -0.1) is 0 Å². The Bertz CT molecular complexity index is 1040. The Morgan fingerprint density at radius 1 is 1.04 bits per heavy atom. The molecule has 0 bridgehead atoms. The van der Waals surface area contributed by atoms with Crippen LogP contribution in [0.25, 0.3) is 5.69 Å². The standard InChI is InChI=1S/C22H20FNO4/c1-15-11-19(7-8-21(15)28-13-16(2)25)24-10-9-20(12-22(24)26)27-14-17-3-5-18(23)6-4-17/h3-12H,13-14H2,1-2H3. The van der Waals surface area contributed by atoms with E-state index >= 15 is 0 Å². The van der Waals surface area contributed by atoms with Crippen LogP contribution >= 0.6 is 0 Å². The number of ether oxygens (including phenoxy) is 2. The van der Waals surface area contributed by atoms with Crippen LogP contribution in [0.2, 0.25) is 0 Å². The highest BCUT2D eigenvalue weighted by Crippen LogP contribution is 2.21. The molecular formula is C22H20FNO4. The predicted molar refractivity (Wildman–Crippen MR) is 104 cm³/mol. The molecule has 0 amide bonds. The van der Waals surface area contributed by atoms with Crippen LogP contribution in [0.1, 0.15) is 18.1 Å². The van der Waals surface area contributed by atoms with Crippen LogP contribution in [0.3, 0.4) is 0 Å². The number of hydrogen-bond acceptors (Lipinski definition) is 4. The molecular weight excluding hydrogens is 361 g/mol. The third-order valence-electron chi connectivity index (χ3n) is 4.08. The highest BCUT2D eigenvalue weighted by molar-refractivity contribution is 5.77. The number of aromatic nitrogens is 1. The van der Waals surface area contributed by atoms with E-state index in [0.29, 0.717) is 17.2 Å². The Kier molecular flexibility index (Phi) is 5.89. The van der Waals surface area contributed by atoms with Gasteiger partial charge in [-0.2, -0.15) is 0 Å². The van der Waals surface area contributed by atoms with Crippen LogP contribution in [0, 0.1) is 12.7 Å². The Balaban J connectivity index is 1.73. The van der Waals surface area contributed by atoms with E-state index in [4.69, 9.17) is 9.47 Å². The van der Waals surface area contributed by atoms with Gasteiger partial charge in [-0.25, -0.2) is 4.39 Å². The van der Waals surface area contributed by atoms with Crippen molar-refractivity contribution in [3.63, 3.8) is 0 Å².